The van der Waals surface area contributed by atoms with Gasteiger partial charge in [-0.25, -0.2) is 14.4 Å². The van der Waals surface area contributed by atoms with Crippen molar-refractivity contribution >= 4 is 0 Å². The van der Waals surface area contributed by atoms with Crippen molar-refractivity contribution in [3.05, 3.63) is 47.8 Å². The van der Waals surface area contributed by atoms with E-state index in [2.05, 4.69) is 9.97 Å². The quantitative estimate of drug-likeness (QED) is 0.864. The molecule has 0 saturated carbocycles. The van der Waals surface area contributed by atoms with Crippen LogP contribution in [0.25, 0.3) is 11.1 Å². The Morgan fingerprint density at radius 1 is 1.24 bits per heavy atom. The number of benzene rings is 1. The largest absolute Gasteiger partial charge is 0.322 e. The van der Waals surface area contributed by atoms with Gasteiger partial charge < -0.3 is 5.73 Å². The van der Waals surface area contributed by atoms with Gasteiger partial charge in [-0.15, -0.1) is 0 Å². The molecule has 2 rings (SSSR count). The van der Waals surface area contributed by atoms with E-state index in [0.29, 0.717) is 5.82 Å². The van der Waals surface area contributed by atoms with Gasteiger partial charge in [-0.1, -0.05) is 6.07 Å². The molecule has 1 aromatic carbocycles. The number of nitrogens with zero attached hydrogens (tertiary/aromatic N) is 2. The third-order valence-corrected chi connectivity index (χ3v) is 2.59. The van der Waals surface area contributed by atoms with Gasteiger partial charge >= 0.3 is 0 Å². The smallest absolute Gasteiger partial charge is 0.144 e. The summed E-state index contributed by atoms with van der Waals surface area (Å²) in [6.45, 7) is 3.75. The predicted octanol–water partition coefficient (Wildman–Crippen LogP) is 2.61. The molecule has 88 valence electrons. The van der Waals surface area contributed by atoms with Crippen molar-refractivity contribution in [3.8, 4) is 11.1 Å². The molecule has 17 heavy (non-hydrogen) atoms. The van der Waals surface area contributed by atoms with E-state index in [0.717, 1.165) is 16.7 Å². The lowest BCUT2D eigenvalue weighted by Gasteiger charge is -2.07. The van der Waals surface area contributed by atoms with Crippen molar-refractivity contribution in [2.45, 2.75) is 19.9 Å². The normalized spacial score (nSPS) is 12.5. The van der Waals surface area contributed by atoms with Crippen molar-refractivity contribution in [3.63, 3.8) is 0 Å². The number of aryl methyl sites for hydroxylation is 1. The van der Waals surface area contributed by atoms with Crippen LogP contribution in [0, 0.1) is 12.7 Å². The second-order valence-electron chi connectivity index (χ2n) is 4.08. The van der Waals surface area contributed by atoms with Crippen LogP contribution in [0.1, 0.15) is 24.4 Å². The van der Waals surface area contributed by atoms with Gasteiger partial charge in [0.2, 0.25) is 0 Å². The first-order valence-electron chi connectivity index (χ1n) is 5.42. The highest BCUT2D eigenvalue weighted by Crippen LogP contribution is 2.23. The van der Waals surface area contributed by atoms with E-state index >= 15 is 0 Å². The van der Waals surface area contributed by atoms with Gasteiger partial charge in [0, 0.05) is 18.0 Å². The molecule has 1 heterocycles. The third kappa shape index (κ3) is 2.47. The van der Waals surface area contributed by atoms with Crippen molar-refractivity contribution in [2.75, 3.05) is 0 Å². The summed E-state index contributed by atoms with van der Waals surface area (Å²) in [4.78, 5) is 8.33. The summed E-state index contributed by atoms with van der Waals surface area (Å²) in [6.07, 6.45) is 3.35. The standard InChI is InChI=1S/C13H14FN3/c1-8-3-4-11(14)5-12(8)10-6-16-13(9(2)15)17-7-10/h3-7,9H,15H2,1-2H3. The number of hydrogen-bond donors (Lipinski definition) is 1. The minimum atomic E-state index is -0.262. The van der Waals surface area contributed by atoms with E-state index in [1.54, 1.807) is 18.5 Å². The zero-order valence-electron chi connectivity index (χ0n) is 9.81. The molecule has 0 bridgehead atoms. The molecule has 1 aromatic heterocycles. The Morgan fingerprint density at radius 2 is 1.88 bits per heavy atom. The summed E-state index contributed by atoms with van der Waals surface area (Å²) < 4.78 is 13.2. The lowest BCUT2D eigenvalue weighted by molar-refractivity contribution is 0.628. The molecule has 2 N–H and O–H groups in total. The summed E-state index contributed by atoms with van der Waals surface area (Å²) >= 11 is 0. The van der Waals surface area contributed by atoms with Crippen LogP contribution < -0.4 is 5.73 Å². The van der Waals surface area contributed by atoms with E-state index in [1.165, 1.54) is 12.1 Å². The number of halogens is 1. The molecular weight excluding hydrogens is 217 g/mol. The number of nitrogens with two attached hydrogens (primary N) is 1. The molecular formula is C13H14FN3. The molecule has 0 aliphatic rings. The molecule has 0 radical (unpaired) electrons. The Balaban J connectivity index is 2.43. The minimum Gasteiger partial charge on any atom is -0.322 e. The van der Waals surface area contributed by atoms with Gasteiger partial charge in [0.05, 0.1) is 6.04 Å². The van der Waals surface area contributed by atoms with Crippen LogP contribution in [0.3, 0.4) is 0 Å². The van der Waals surface area contributed by atoms with Crippen LogP contribution in [0.2, 0.25) is 0 Å². The zero-order chi connectivity index (χ0) is 12.4. The van der Waals surface area contributed by atoms with E-state index in [9.17, 15) is 4.39 Å². The van der Waals surface area contributed by atoms with Crippen LogP contribution in [-0.2, 0) is 0 Å². The zero-order valence-corrected chi connectivity index (χ0v) is 9.81. The van der Waals surface area contributed by atoms with Crippen LogP contribution in [-0.4, -0.2) is 9.97 Å². The molecule has 2 aromatic rings. The molecule has 1 unspecified atom stereocenters. The SMILES string of the molecule is Cc1ccc(F)cc1-c1cnc(C(C)N)nc1. The Kier molecular flexibility index (Phi) is 3.15. The highest BCUT2D eigenvalue weighted by atomic mass is 19.1. The average Bonchev–Trinajstić information content (AvgIpc) is 2.32. The summed E-state index contributed by atoms with van der Waals surface area (Å²) in [5.41, 5.74) is 8.27. The molecule has 0 saturated heterocycles. The molecule has 0 fully saturated rings. The van der Waals surface area contributed by atoms with Crippen molar-refractivity contribution in [1.82, 2.24) is 9.97 Å². The maximum absolute atomic E-state index is 13.2. The van der Waals surface area contributed by atoms with Gasteiger partial charge in [-0.3, -0.25) is 0 Å². The maximum atomic E-state index is 13.2. The molecule has 0 aliphatic carbocycles. The number of rotatable bonds is 2. The first kappa shape index (κ1) is 11.7. The second-order valence-corrected chi connectivity index (χ2v) is 4.08. The maximum Gasteiger partial charge on any atom is 0.144 e. The van der Waals surface area contributed by atoms with Gasteiger partial charge in [0.25, 0.3) is 0 Å². The van der Waals surface area contributed by atoms with Crippen LogP contribution in [0.5, 0.6) is 0 Å². The van der Waals surface area contributed by atoms with Crippen LogP contribution in [0.15, 0.2) is 30.6 Å². The summed E-state index contributed by atoms with van der Waals surface area (Å²) in [7, 11) is 0. The van der Waals surface area contributed by atoms with Crippen LogP contribution in [0.4, 0.5) is 4.39 Å². The van der Waals surface area contributed by atoms with E-state index in [4.69, 9.17) is 5.73 Å². The molecule has 1 atom stereocenters. The van der Waals surface area contributed by atoms with Crippen molar-refractivity contribution in [1.29, 1.82) is 0 Å². The molecule has 4 heteroatoms. The fourth-order valence-corrected chi connectivity index (χ4v) is 1.62. The Labute approximate surface area is 99.5 Å². The van der Waals surface area contributed by atoms with E-state index < -0.39 is 0 Å². The Hall–Kier alpha value is -1.81. The Bertz CT molecular complexity index is 521. The number of aromatic nitrogens is 2. The second kappa shape index (κ2) is 4.59. The first-order chi connectivity index (χ1) is 8.08. The van der Waals surface area contributed by atoms with E-state index in [1.807, 2.05) is 13.8 Å². The van der Waals surface area contributed by atoms with Gasteiger partial charge in [-0.05, 0) is 37.1 Å². The minimum absolute atomic E-state index is 0.197. The lowest BCUT2D eigenvalue weighted by Crippen LogP contribution is -2.09. The van der Waals surface area contributed by atoms with Crippen molar-refractivity contribution in [2.24, 2.45) is 5.73 Å². The summed E-state index contributed by atoms with van der Waals surface area (Å²) in [5, 5.41) is 0. The predicted molar refractivity (Wildman–Crippen MR) is 64.8 cm³/mol. The summed E-state index contributed by atoms with van der Waals surface area (Å²) in [5.74, 6) is 0.324. The number of hydrogen-bond acceptors (Lipinski definition) is 3. The van der Waals surface area contributed by atoms with Crippen LogP contribution >= 0.6 is 0 Å². The van der Waals surface area contributed by atoms with Crippen molar-refractivity contribution < 1.29 is 4.39 Å². The third-order valence-electron chi connectivity index (χ3n) is 2.59. The van der Waals surface area contributed by atoms with Gasteiger partial charge in [-0.2, -0.15) is 0 Å². The van der Waals surface area contributed by atoms with E-state index in [-0.39, 0.29) is 11.9 Å². The fraction of sp³-hybridized carbons (Fsp3) is 0.231. The topological polar surface area (TPSA) is 51.8 Å². The van der Waals surface area contributed by atoms with Gasteiger partial charge in [0.15, 0.2) is 0 Å². The molecule has 0 spiro atoms. The Morgan fingerprint density at radius 3 is 2.47 bits per heavy atom. The highest BCUT2D eigenvalue weighted by molar-refractivity contribution is 5.65. The van der Waals surface area contributed by atoms with Gasteiger partial charge in [0.1, 0.15) is 11.6 Å². The molecule has 3 nitrogen and oxygen atoms in total. The lowest BCUT2D eigenvalue weighted by atomic mass is 10.0. The first-order valence-corrected chi connectivity index (χ1v) is 5.42. The molecule has 0 aliphatic heterocycles. The average molecular weight is 231 g/mol. The monoisotopic (exact) mass is 231 g/mol. The fourth-order valence-electron chi connectivity index (χ4n) is 1.62. The summed E-state index contributed by atoms with van der Waals surface area (Å²) in [6, 6.07) is 4.47. The highest BCUT2D eigenvalue weighted by Gasteiger charge is 2.07. The molecule has 0 amide bonds.